The summed E-state index contributed by atoms with van der Waals surface area (Å²) in [5, 5.41) is 0.789. The van der Waals surface area contributed by atoms with Crippen molar-refractivity contribution in [3.63, 3.8) is 0 Å². The SMILES string of the molecule is CN(Cc1cc2cc(F)ccc2[nH]1)c1nc2c(c(=O)[nH]c(=O)n2C)n1C. The number of rotatable bonds is 3. The lowest BCUT2D eigenvalue weighted by molar-refractivity contribution is 0.630. The van der Waals surface area contributed by atoms with E-state index in [1.54, 1.807) is 24.7 Å². The summed E-state index contributed by atoms with van der Waals surface area (Å²) >= 11 is 0. The van der Waals surface area contributed by atoms with E-state index in [0.29, 0.717) is 23.7 Å². The summed E-state index contributed by atoms with van der Waals surface area (Å²) in [4.78, 5) is 35.7. The molecular formula is C17H17FN6O2. The van der Waals surface area contributed by atoms with Gasteiger partial charge in [0.15, 0.2) is 11.2 Å². The molecule has 0 radical (unpaired) electrons. The standard InChI is InChI=1S/C17H17FN6O2/c1-22(8-11-7-9-6-10(18)4-5-12(9)19-11)16-20-14-13(23(16)2)15(25)21-17(26)24(14)3/h4-7,19H,8H2,1-3H3,(H,21,25,26). The van der Waals surface area contributed by atoms with Crippen molar-refractivity contribution in [2.75, 3.05) is 11.9 Å². The molecular weight excluding hydrogens is 339 g/mol. The highest BCUT2D eigenvalue weighted by atomic mass is 19.1. The van der Waals surface area contributed by atoms with E-state index in [4.69, 9.17) is 0 Å². The van der Waals surface area contributed by atoms with Crippen molar-refractivity contribution in [1.29, 1.82) is 0 Å². The number of fused-ring (bicyclic) bond motifs is 2. The number of aryl methyl sites for hydroxylation is 2. The summed E-state index contributed by atoms with van der Waals surface area (Å²) in [6.07, 6.45) is 0. The Morgan fingerprint density at radius 2 is 1.92 bits per heavy atom. The highest BCUT2D eigenvalue weighted by Crippen LogP contribution is 2.21. The molecule has 0 amide bonds. The molecule has 9 heteroatoms. The van der Waals surface area contributed by atoms with Gasteiger partial charge in [0.2, 0.25) is 5.95 Å². The van der Waals surface area contributed by atoms with Crippen molar-refractivity contribution in [1.82, 2.24) is 24.1 Å². The van der Waals surface area contributed by atoms with Crippen LogP contribution in [0.15, 0.2) is 33.9 Å². The van der Waals surface area contributed by atoms with Crippen LogP contribution in [0.4, 0.5) is 10.3 Å². The van der Waals surface area contributed by atoms with Gasteiger partial charge >= 0.3 is 5.69 Å². The van der Waals surface area contributed by atoms with Crippen LogP contribution in [0.1, 0.15) is 5.69 Å². The number of aromatic amines is 2. The summed E-state index contributed by atoms with van der Waals surface area (Å²) in [5.41, 5.74) is 1.39. The van der Waals surface area contributed by atoms with Crippen molar-refractivity contribution in [2.24, 2.45) is 14.1 Å². The van der Waals surface area contributed by atoms with Crippen molar-refractivity contribution >= 4 is 28.0 Å². The molecule has 134 valence electrons. The molecule has 26 heavy (non-hydrogen) atoms. The molecule has 0 saturated carbocycles. The predicted octanol–water partition coefficient (Wildman–Crippen LogP) is 1.22. The fourth-order valence-electron chi connectivity index (χ4n) is 3.21. The highest BCUT2D eigenvalue weighted by molar-refractivity contribution is 5.80. The highest BCUT2D eigenvalue weighted by Gasteiger charge is 2.18. The maximum atomic E-state index is 13.4. The zero-order valence-electron chi connectivity index (χ0n) is 14.5. The minimum Gasteiger partial charge on any atom is -0.357 e. The minimum atomic E-state index is -0.507. The number of hydrogen-bond donors (Lipinski definition) is 2. The fourth-order valence-corrected chi connectivity index (χ4v) is 3.21. The maximum absolute atomic E-state index is 13.4. The first-order valence-corrected chi connectivity index (χ1v) is 7.99. The van der Waals surface area contributed by atoms with E-state index in [1.807, 2.05) is 18.0 Å². The number of nitrogens with one attached hydrogen (secondary N) is 2. The number of halogens is 1. The van der Waals surface area contributed by atoms with Gasteiger partial charge in [0.05, 0.1) is 6.54 Å². The first kappa shape index (κ1) is 16.1. The van der Waals surface area contributed by atoms with Gasteiger partial charge in [-0.05, 0) is 24.3 Å². The maximum Gasteiger partial charge on any atom is 0.329 e. The van der Waals surface area contributed by atoms with E-state index in [1.165, 1.54) is 16.7 Å². The molecule has 0 atom stereocenters. The second-order valence-corrected chi connectivity index (χ2v) is 6.34. The van der Waals surface area contributed by atoms with Gasteiger partial charge in [-0.3, -0.25) is 14.3 Å². The van der Waals surface area contributed by atoms with Crippen LogP contribution in [0.25, 0.3) is 22.1 Å². The zero-order valence-corrected chi connectivity index (χ0v) is 14.5. The molecule has 4 aromatic rings. The van der Waals surface area contributed by atoms with Crippen molar-refractivity contribution < 1.29 is 4.39 Å². The first-order chi connectivity index (χ1) is 12.3. The van der Waals surface area contributed by atoms with Crippen LogP contribution in [-0.4, -0.2) is 31.1 Å². The minimum absolute atomic E-state index is 0.285. The van der Waals surface area contributed by atoms with Crippen molar-refractivity contribution in [3.8, 4) is 0 Å². The van der Waals surface area contributed by atoms with Gasteiger partial charge in [-0.25, -0.2) is 9.18 Å². The van der Waals surface area contributed by atoms with Gasteiger partial charge in [0.1, 0.15) is 5.82 Å². The van der Waals surface area contributed by atoms with Crippen LogP contribution >= 0.6 is 0 Å². The van der Waals surface area contributed by atoms with E-state index >= 15 is 0 Å². The number of anilines is 1. The van der Waals surface area contributed by atoms with Gasteiger partial charge in [-0.2, -0.15) is 4.98 Å². The average molecular weight is 356 g/mol. The molecule has 8 nitrogen and oxygen atoms in total. The molecule has 0 aliphatic carbocycles. The van der Waals surface area contributed by atoms with Crippen LogP contribution in [0, 0.1) is 5.82 Å². The Morgan fingerprint density at radius 1 is 1.15 bits per heavy atom. The third-order valence-electron chi connectivity index (χ3n) is 4.50. The van der Waals surface area contributed by atoms with E-state index in [9.17, 15) is 14.0 Å². The summed E-state index contributed by atoms with van der Waals surface area (Å²) in [6.45, 7) is 0.472. The zero-order chi connectivity index (χ0) is 18.6. The smallest absolute Gasteiger partial charge is 0.329 e. The monoisotopic (exact) mass is 356 g/mol. The van der Waals surface area contributed by atoms with Gasteiger partial charge in [0.25, 0.3) is 5.56 Å². The molecule has 1 aromatic carbocycles. The Labute approximate surface area is 146 Å². The summed E-state index contributed by atoms with van der Waals surface area (Å²) < 4.78 is 16.3. The second-order valence-electron chi connectivity index (χ2n) is 6.34. The number of imidazole rings is 1. The van der Waals surface area contributed by atoms with Gasteiger partial charge < -0.3 is 14.5 Å². The fraction of sp³-hybridized carbons (Fsp3) is 0.235. The number of H-pyrrole nitrogens is 2. The second kappa shape index (κ2) is 5.58. The Bertz CT molecular complexity index is 1260. The Morgan fingerprint density at radius 3 is 2.69 bits per heavy atom. The molecule has 2 N–H and O–H groups in total. The molecule has 0 saturated heterocycles. The largest absolute Gasteiger partial charge is 0.357 e. The van der Waals surface area contributed by atoms with E-state index in [2.05, 4.69) is 15.0 Å². The molecule has 0 aliphatic rings. The lowest BCUT2D eigenvalue weighted by Gasteiger charge is -2.17. The number of aromatic nitrogens is 5. The predicted molar refractivity (Wildman–Crippen MR) is 96.9 cm³/mol. The molecule has 0 unspecified atom stereocenters. The molecule has 3 aromatic heterocycles. The third kappa shape index (κ3) is 2.40. The summed E-state index contributed by atoms with van der Waals surface area (Å²) in [6, 6.07) is 6.45. The number of benzene rings is 1. The van der Waals surface area contributed by atoms with Gasteiger partial charge in [-0.15, -0.1) is 0 Å². The molecule has 0 aliphatic heterocycles. The average Bonchev–Trinajstić information content (AvgIpc) is 3.13. The van der Waals surface area contributed by atoms with Crippen LogP contribution in [-0.2, 0) is 20.6 Å². The Kier molecular flexibility index (Phi) is 3.46. The quantitative estimate of drug-likeness (QED) is 0.577. The van der Waals surface area contributed by atoms with E-state index < -0.39 is 11.2 Å². The molecule has 3 heterocycles. The van der Waals surface area contributed by atoms with Gasteiger partial charge in [-0.1, -0.05) is 0 Å². The van der Waals surface area contributed by atoms with Crippen LogP contribution < -0.4 is 16.1 Å². The van der Waals surface area contributed by atoms with Gasteiger partial charge in [0, 0.05) is 37.7 Å². The van der Waals surface area contributed by atoms with Crippen LogP contribution in [0.2, 0.25) is 0 Å². The van der Waals surface area contributed by atoms with E-state index in [0.717, 1.165) is 16.6 Å². The lowest BCUT2D eigenvalue weighted by atomic mass is 10.2. The number of nitrogens with zero attached hydrogens (tertiary/aromatic N) is 4. The molecule has 4 rings (SSSR count). The van der Waals surface area contributed by atoms with E-state index in [-0.39, 0.29) is 5.82 Å². The lowest BCUT2D eigenvalue weighted by Crippen LogP contribution is -2.29. The van der Waals surface area contributed by atoms with Crippen LogP contribution in [0.3, 0.4) is 0 Å². The summed E-state index contributed by atoms with van der Waals surface area (Å²) in [7, 11) is 5.12. The molecule has 0 spiro atoms. The molecule has 0 fully saturated rings. The summed E-state index contributed by atoms with van der Waals surface area (Å²) in [5.74, 6) is 0.253. The molecule has 0 bridgehead atoms. The normalized spacial score (nSPS) is 11.5. The van der Waals surface area contributed by atoms with Crippen molar-refractivity contribution in [3.05, 3.63) is 56.6 Å². The topological polar surface area (TPSA) is 91.7 Å². The number of hydrogen-bond acceptors (Lipinski definition) is 4. The van der Waals surface area contributed by atoms with Crippen molar-refractivity contribution in [2.45, 2.75) is 6.54 Å². The Balaban J connectivity index is 1.75. The third-order valence-corrected chi connectivity index (χ3v) is 4.50. The first-order valence-electron chi connectivity index (χ1n) is 7.99. The van der Waals surface area contributed by atoms with Crippen LogP contribution in [0.5, 0.6) is 0 Å². The Hall–Kier alpha value is -3.36.